The minimum Gasteiger partial charge on any atom is -0.250 e. The Balaban J connectivity index is 2.24. The third-order valence-electron chi connectivity index (χ3n) is 1.88. The quantitative estimate of drug-likeness (QED) is 0.814. The van der Waals surface area contributed by atoms with Crippen molar-refractivity contribution in [3.63, 3.8) is 0 Å². The van der Waals surface area contributed by atoms with Crippen molar-refractivity contribution in [1.29, 1.82) is 0 Å². The highest BCUT2D eigenvalue weighted by Gasteiger charge is 2.04. The van der Waals surface area contributed by atoms with E-state index in [1.165, 1.54) is 11.8 Å². The van der Waals surface area contributed by atoms with Crippen LogP contribution < -0.4 is 0 Å². The molecule has 0 fully saturated rings. The molecule has 2 heterocycles. The molecule has 0 spiro atoms. The van der Waals surface area contributed by atoms with Gasteiger partial charge in [0.05, 0.1) is 0 Å². The summed E-state index contributed by atoms with van der Waals surface area (Å²) in [7, 11) is 0. The molecular weight excluding hydrogens is 286 g/mol. The predicted molar refractivity (Wildman–Crippen MR) is 67.5 cm³/mol. The average Bonchev–Trinajstić information content (AvgIpc) is 2.29. The van der Waals surface area contributed by atoms with Crippen LogP contribution in [0.2, 0.25) is 0 Å². The number of aryl methyl sites for hydroxylation is 1. The van der Waals surface area contributed by atoms with Gasteiger partial charge in [-0.05, 0) is 39.8 Å². The molecule has 0 unspecified atom stereocenters. The molecule has 0 radical (unpaired) electrons. The Morgan fingerprint density at radius 3 is 2.81 bits per heavy atom. The van der Waals surface area contributed by atoms with Crippen molar-refractivity contribution in [2.24, 2.45) is 0 Å². The number of hydrogen-bond donors (Lipinski definition) is 0. The fourth-order valence-electron chi connectivity index (χ4n) is 1.17. The summed E-state index contributed by atoms with van der Waals surface area (Å²) in [6, 6.07) is 7.73. The lowest BCUT2D eigenvalue weighted by atomic mass is 10.4. The lowest BCUT2D eigenvalue weighted by Crippen LogP contribution is -1.94. The average molecular weight is 296 g/mol. The molecule has 16 heavy (non-hydrogen) atoms. The largest absolute Gasteiger partial charge is 0.250 e. The van der Waals surface area contributed by atoms with E-state index in [1.54, 1.807) is 6.20 Å². The second-order valence-electron chi connectivity index (χ2n) is 3.07. The number of hydrogen-bond acceptors (Lipinski definition) is 4. The van der Waals surface area contributed by atoms with Gasteiger partial charge in [0.15, 0.2) is 0 Å². The second-order valence-corrected chi connectivity index (χ2v) is 4.92. The van der Waals surface area contributed by atoms with Gasteiger partial charge < -0.3 is 0 Å². The molecule has 2 rings (SSSR count). The van der Waals surface area contributed by atoms with Crippen LogP contribution in [0.25, 0.3) is 0 Å². The van der Waals surface area contributed by atoms with Crippen LogP contribution in [0.1, 0.15) is 12.7 Å². The van der Waals surface area contributed by atoms with Crippen LogP contribution >= 0.6 is 27.7 Å². The summed E-state index contributed by atoms with van der Waals surface area (Å²) in [6.45, 7) is 2.04. The van der Waals surface area contributed by atoms with E-state index >= 15 is 0 Å². The Morgan fingerprint density at radius 1 is 1.25 bits per heavy atom. The van der Waals surface area contributed by atoms with Crippen molar-refractivity contribution < 1.29 is 0 Å². The van der Waals surface area contributed by atoms with Crippen LogP contribution in [0.5, 0.6) is 0 Å². The third kappa shape index (κ3) is 3.02. The molecule has 0 saturated heterocycles. The molecule has 0 aliphatic rings. The summed E-state index contributed by atoms with van der Waals surface area (Å²) < 4.78 is 0.817. The SMILES string of the molecule is CCc1nc(Br)cc(Sc2ccccn2)n1. The molecule has 0 aliphatic carbocycles. The predicted octanol–water partition coefficient (Wildman–Crippen LogP) is 3.35. The van der Waals surface area contributed by atoms with Crippen molar-refractivity contribution in [3.8, 4) is 0 Å². The van der Waals surface area contributed by atoms with E-state index in [0.29, 0.717) is 0 Å². The van der Waals surface area contributed by atoms with Crippen molar-refractivity contribution in [2.45, 2.75) is 23.4 Å². The van der Waals surface area contributed by atoms with Gasteiger partial charge in [-0.25, -0.2) is 15.0 Å². The van der Waals surface area contributed by atoms with Gasteiger partial charge in [0, 0.05) is 18.7 Å². The van der Waals surface area contributed by atoms with E-state index in [0.717, 1.165) is 26.9 Å². The highest BCUT2D eigenvalue weighted by molar-refractivity contribution is 9.10. The summed E-state index contributed by atoms with van der Waals surface area (Å²) >= 11 is 4.92. The first-order chi connectivity index (χ1) is 7.78. The second kappa shape index (κ2) is 5.41. The van der Waals surface area contributed by atoms with Gasteiger partial charge in [-0.15, -0.1) is 0 Å². The Hall–Kier alpha value is -0.940. The van der Waals surface area contributed by atoms with Crippen LogP contribution in [0, 0.1) is 0 Å². The molecule has 0 amide bonds. The van der Waals surface area contributed by atoms with Crippen molar-refractivity contribution in [3.05, 3.63) is 40.9 Å². The van der Waals surface area contributed by atoms with Crippen LogP contribution in [0.4, 0.5) is 0 Å². The molecular formula is C11H10BrN3S. The highest BCUT2D eigenvalue weighted by atomic mass is 79.9. The maximum Gasteiger partial charge on any atom is 0.130 e. The Bertz CT molecular complexity index is 476. The molecule has 0 atom stereocenters. The number of pyridine rings is 1. The molecule has 0 N–H and O–H groups in total. The van der Waals surface area contributed by atoms with E-state index in [2.05, 4.69) is 30.9 Å². The van der Waals surface area contributed by atoms with Crippen molar-refractivity contribution in [1.82, 2.24) is 15.0 Å². The fraction of sp³-hybridized carbons (Fsp3) is 0.182. The molecule has 0 saturated carbocycles. The lowest BCUT2D eigenvalue weighted by molar-refractivity contribution is 0.876. The Labute approximate surface area is 107 Å². The van der Waals surface area contributed by atoms with Gasteiger partial charge in [-0.2, -0.15) is 0 Å². The molecule has 0 aromatic carbocycles. The van der Waals surface area contributed by atoms with E-state index in [1.807, 2.05) is 31.2 Å². The number of nitrogens with zero attached hydrogens (tertiary/aromatic N) is 3. The van der Waals surface area contributed by atoms with E-state index in [-0.39, 0.29) is 0 Å². The fourth-order valence-corrected chi connectivity index (χ4v) is 2.54. The van der Waals surface area contributed by atoms with Crippen LogP contribution in [-0.4, -0.2) is 15.0 Å². The lowest BCUT2D eigenvalue weighted by Gasteiger charge is -2.02. The van der Waals surface area contributed by atoms with Gasteiger partial charge in [0.1, 0.15) is 20.5 Å². The normalized spacial score (nSPS) is 10.4. The maximum atomic E-state index is 4.43. The summed E-state index contributed by atoms with van der Waals surface area (Å²) in [4.78, 5) is 12.9. The Kier molecular flexibility index (Phi) is 3.90. The van der Waals surface area contributed by atoms with Gasteiger partial charge in [0.2, 0.25) is 0 Å². The first kappa shape index (κ1) is 11.5. The molecule has 0 aliphatic heterocycles. The van der Waals surface area contributed by atoms with Crippen molar-refractivity contribution >= 4 is 27.7 Å². The van der Waals surface area contributed by atoms with E-state index < -0.39 is 0 Å². The summed E-state index contributed by atoms with van der Waals surface area (Å²) in [5, 5.41) is 1.85. The zero-order valence-corrected chi connectivity index (χ0v) is 11.1. The summed E-state index contributed by atoms with van der Waals surface area (Å²) in [6.07, 6.45) is 2.61. The van der Waals surface area contributed by atoms with E-state index in [4.69, 9.17) is 0 Å². The monoisotopic (exact) mass is 295 g/mol. The third-order valence-corrected chi connectivity index (χ3v) is 3.16. The molecule has 5 heteroatoms. The Morgan fingerprint density at radius 2 is 2.12 bits per heavy atom. The standard InChI is InChI=1S/C11H10BrN3S/c1-2-9-14-8(12)7-11(15-9)16-10-5-3-4-6-13-10/h3-7H,2H2,1H3. The topological polar surface area (TPSA) is 38.7 Å². The number of rotatable bonds is 3. The summed E-state index contributed by atoms with van der Waals surface area (Å²) in [5.74, 6) is 0.841. The van der Waals surface area contributed by atoms with Crippen LogP contribution in [-0.2, 0) is 6.42 Å². The molecule has 3 nitrogen and oxygen atoms in total. The first-order valence-corrected chi connectivity index (χ1v) is 6.51. The van der Waals surface area contributed by atoms with Gasteiger partial charge in [0.25, 0.3) is 0 Å². The maximum absolute atomic E-state index is 4.43. The van der Waals surface area contributed by atoms with E-state index in [9.17, 15) is 0 Å². The van der Waals surface area contributed by atoms with Gasteiger partial charge in [-0.3, -0.25) is 0 Å². The number of halogens is 1. The zero-order valence-electron chi connectivity index (χ0n) is 8.72. The minimum atomic E-state index is 0.817. The molecule has 2 aromatic rings. The smallest absolute Gasteiger partial charge is 0.130 e. The molecule has 2 aromatic heterocycles. The van der Waals surface area contributed by atoms with Crippen LogP contribution in [0.15, 0.2) is 45.1 Å². The zero-order chi connectivity index (χ0) is 11.4. The molecule has 82 valence electrons. The minimum absolute atomic E-state index is 0.817. The summed E-state index contributed by atoms with van der Waals surface area (Å²) in [5.41, 5.74) is 0. The van der Waals surface area contributed by atoms with Crippen molar-refractivity contribution in [2.75, 3.05) is 0 Å². The molecule has 0 bridgehead atoms. The van der Waals surface area contributed by atoms with Gasteiger partial charge in [-0.1, -0.05) is 13.0 Å². The highest BCUT2D eigenvalue weighted by Crippen LogP contribution is 2.25. The number of aromatic nitrogens is 3. The van der Waals surface area contributed by atoms with Gasteiger partial charge >= 0.3 is 0 Å². The first-order valence-electron chi connectivity index (χ1n) is 4.90. The van der Waals surface area contributed by atoms with Crippen LogP contribution in [0.3, 0.4) is 0 Å².